The summed E-state index contributed by atoms with van der Waals surface area (Å²) in [4.78, 5) is 24.9. The van der Waals surface area contributed by atoms with E-state index in [1.165, 1.54) is 17.7 Å². The van der Waals surface area contributed by atoms with Gasteiger partial charge in [-0.05, 0) is 30.9 Å². The predicted molar refractivity (Wildman–Crippen MR) is 91.6 cm³/mol. The summed E-state index contributed by atoms with van der Waals surface area (Å²) in [6.07, 6.45) is 2.38. The van der Waals surface area contributed by atoms with Gasteiger partial charge in [-0.25, -0.2) is 0 Å². The number of aryl methyl sites for hydroxylation is 1. The molecule has 24 heavy (non-hydrogen) atoms. The second kappa shape index (κ2) is 6.83. The van der Waals surface area contributed by atoms with E-state index in [0.717, 1.165) is 24.0 Å². The Morgan fingerprint density at radius 2 is 1.88 bits per heavy atom. The Hall–Kier alpha value is -2.69. The van der Waals surface area contributed by atoms with Gasteiger partial charge in [0.05, 0.1) is 11.3 Å². The fraction of sp³-hybridized carbons (Fsp3) is 0.316. The van der Waals surface area contributed by atoms with E-state index in [2.05, 4.69) is 6.07 Å². The van der Waals surface area contributed by atoms with Crippen molar-refractivity contribution in [1.82, 2.24) is 4.90 Å². The molecule has 1 saturated carbocycles. The summed E-state index contributed by atoms with van der Waals surface area (Å²) in [6.45, 7) is 2.67. The lowest BCUT2D eigenvalue weighted by Gasteiger charge is -2.23. The fourth-order valence-corrected chi connectivity index (χ4v) is 2.83. The highest BCUT2D eigenvalue weighted by atomic mass is 16.6. The van der Waals surface area contributed by atoms with Gasteiger partial charge in [0, 0.05) is 24.7 Å². The Morgan fingerprint density at radius 3 is 2.46 bits per heavy atom. The maximum atomic E-state index is 12.7. The number of nitrogens with zero attached hydrogens (tertiary/aromatic N) is 2. The molecular weight excluding hydrogens is 304 g/mol. The molecule has 0 N–H and O–H groups in total. The van der Waals surface area contributed by atoms with Crippen LogP contribution >= 0.6 is 0 Å². The van der Waals surface area contributed by atoms with Gasteiger partial charge >= 0.3 is 0 Å². The van der Waals surface area contributed by atoms with Crippen molar-refractivity contribution in [2.45, 2.75) is 38.8 Å². The molecule has 0 bridgehead atoms. The van der Waals surface area contributed by atoms with Gasteiger partial charge < -0.3 is 4.90 Å². The number of hydrogen-bond donors (Lipinski definition) is 0. The first-order chi connectivity index (χ1) is 11.5. The van der Waals surface area contributed by atoms with Crippen LogP contribution in [0.5, 0.6) is 0 Å². The molecule has 1 aliphatic carbocycles. The van der Waals surface area contributed by atoms with E-state index >= 15 is 0 Å². The Labute approximate surface area is 141 Å². The molecule has 0 atom stereocenters. The zero-order valence-electron chi connectivity index (χ0n) is 13.6. The first-order valence-electron chi connectivity index (χ1n) is 8.11. The van der Waals surface area contributed by atoms with Crippen LogP contribution in [0.1, 0.15) is 29.5 Å². The largest absolute Gasteiger partial charge is 0.335 e. The van der Waals surface area contributed by atoms with Gasteiger partial charge in [-0.3, -0.25) is 14.9 Å². The summed E-state index contributed by atoms with van der Waals surface area (Å²) in [5.41, 5.74) is 3.18. The van der Waals surface area contributed by atoms with Crippen LogP contribution in [0.4, 0.5) is 5.69 Å². The lowest BCUT2D eigenvalue weighted by Crippen LogP contribution is -2.33. The third-order valence-electron chi connectivity index (χ3n) is 4.25. The van der Waals surface area contributed by atoms with E-state index in [-0.39, 0.29) is 18.0 Å². The molecule has 0 radical (unpaired) electrons. The van der Waals surface area contributed by atoms with Crippen molar-refractivity contribution in [3.63, 3.8) is 0 Å². The minimum absolute atomic E-state index is 0.0463. The predicted octanol–water partition coefficient (Wildman–Crippen LogP) is 3.64. The van der Waals surface area contributed by atoms with Crippen molar-refractivity contribution >= 4 is 11.6 Å². The lowest BCUT2D eigenvalue weighted by atomic mass is 10.1. The molecule has 0 aromatic heterocycles. The highest BCUT2D eigenvalue weighted by molar-refractivity contribution is 5.79. The van der Waals surface area contributed by atoms with Gasteiger partial charge in [0.25, 0.3) is 5.69 Å². The van der Waals surface area contributed by atoms with Crippen LogP contribution < -0.4 is 0 Å². The molecule has 1 aliphatic rings. The average Bonchev–Trinajstić information content (AvgIpc) is 3.38. The second-order valence-corrected chi connectivity index (χ2v) is 6.34. The summed E-state index contributed by atoms with van der Waals surface area (Å²) in [5.74, 6) is 0.0767. The van der Waals surface area contributed by atoms with E-state index in [0.29, 0.717) is 12.6 Å². The number of carbonyl (C=O) groups is 1. The maximum Gasteiger partial charge on any atom is 0.269 e. The fourth-order valence-electron chi connectivity index (χ4n) is 2.83. The summed E-state index contributed by atoms with van der Waals surface area (Å²) < 4.78 is 0. The average molecular weight is 324 g/mol. The summed E-state index contributed by atoms with van der Waals surface area (Å²) in [6, 6.07) is 14.8. The zero-order chi connectivity index (χ0) is 17.1. The van der Waals surface area contributed by atoms with Gasteiger partial charge in [0.15, 0.2) is 0 Å². The van der Waals surface area contributed by atoms with E-state index < -0.39 is 4.92 Å². The number of benzene rings is 2. The molecule has 0 aliphatic heterocycles. The summed E-state index contributed by atoms with van der Waals surface area (Å²) in [5, 5.41) is 10.7. The first kappa shape index (κ1) is 16.2. The highest BCUT2D eigenvalue weighted by Crippen LogP contribution is 2.29. The normalized spacial score (nSPS) is 13.5. The lowest BCUT2D eigenvalue weighted by molar-refractivity contribution is -0.384. The van der Waals surface area contributed by atoms with Gasteiger partial charge in [-0.2, -0.15) is 0 Å². The van der Waals surface area contributed by atoms with Crippen molar-refractivity contribution in [3.8, 4) is 0 Å². The Morgan fingerprint density at radius 1 is 1.17 bits per heavy atom. The number of non-ortho nitro benzene ring substituents is 1. The smallest absolute Gasteiger partial charge is 0.269 e. The third-order valence-corrected chi connectivity index (χ3v) is 4.25. The van der Waals surface area contributed by atoms with E-state index in [4.69, 9.17) is 0 Å². The van der Waals surface area contributed by atoms with Crippen molar-refractivity contribution in [3.05, 3.63) is 75.3 Å². The highest BCUT2D eigenvalue weighted by Gasteiger charge is 2.32. The molecule has 2 aromatic carbocycles. The quantitative estimate of drug-likeness (QED) is 0.602. The van der Waals surface area contributed by atoms with Crippen molar-refractivity contribution in [1.29, 1.82) is 0 Å². The number of hydrogen-bond acceptors (Lipinski definition) is 3. The van der Waals surface area contributed by atoms with Crippen LogP contribution in [0.25, 0.3) is 0 Å². The van der Waals surface area contributed by atoms with Gasteiger partial charge in [0.2, 0.25) is 5.91 Å². The molecule has 124 valence electrons. The standard InChI is InChI=1S/C19H20N2O3/c1-14-3-2-4-16(11-14)13-20(17-9-10-17)19(22)12-15-5-7-18(8-6-15)21(23)24/h2-8,11,17H,9-10,12-13H2,1H3. The minimum atomic E-state index is -0.431. The molecule has 5 nitrogen and oxygen atoms in total. The van der Waals surface area contributed by atoms with Crippen molar-refractivity contribution in [2.75, 3.05) is 0 Å². The minimum Gasteiger partial charge on any atom is -0.335 e. The summed E-state index contributed by atoms with van der Waals surface area (Å²) >= 11 is 0. The van der Waals surface area contributed by atoms with E-state index in [1.54, 1.807) is 12.1 Å². The summed E-state index contributed by atoms with van der Waals surface area (Å²) in [7, 11) is 0. The molecule has 2 aromatic rings. The molecular formula is C19H20N2O3. The van der Waals surface area contributed by atoms with Gasteiger partial charge in [0.1, 0.15) is 0 Å². The molecule has 3 rings (SSSR count). The van der Waals surface area contributed by atoms with E-state index in [9.17, 15) is 14.9 Å². The molecule has 5 heteroatoms. The number of nitro benzene ring substituents is 1. The van der Waals surface area contributed by atoms with Crippen molar-refractivity contribution in [2.24, 2.45) is 0 Å². The van der Waals surface area contributed by atoms with Gasteiger partial charge in [-0.15, -0.1) is 0 Å². The molecule has 0 unspecified atom stereocenters. The van der Waals surface area contributed by atoms with Gasteiger partial charge in [-0.1, -0.05) is 42.0 Å². The third kappa shape index (κ3) is 3.98. The molecule has 0 spiro atoms. The Balaban J connectivity index is 1.69. The first-order valence-corrected chi connectivity index (χ1v) is 8.11. The van der Waals surface area contributed by atoms with Crippen LogP contribution in [0, 0.1) is 17.0 Å². The number of rotatable bonds is 6. The zero-order valence-corrected chi connectivity index (χ0v) is 13.6. The Kier molecular flexibility index (Phi) is 4.60. The van der Waals surface area contributed by atoms with Crippen LogP contribution in [0.2, 0.25) is 0 Å². The molecule has 1 fully saturated rings. The van der Waals surface area contributed by atoms with Crippen LogP contribution in [0.15, 0.2) is 48.5 Å². The maximum absolute atomic E-state index is 12.7. The monoisotopic (exact) mass is 324 g/mol. The SMILES string of the molecule is Cc1cccc(CN(C(=O)Cc2ccc([N+](=O)[O-])cc2)C2CC2)c1. The number of nitro groups is 1. The molecule has 0 saturated heterocycles. The van der Waals surface area contributed by atoms with E-state index in [1.807, 2.05) is 30.0 Å². The number of amides is 1. The van der Waals surface area contributed by atoms with Crippen LogP contribution in [-0.2, 0) is 17.8 Å². The van der Waals surface area contributed by atoms with Crippen LogP contribution in [-0.4, -0.2) is 21.8 Å². The Bertz CT molecular complexity index is 751. The molecule has 0 heterocycles. The molecule has 1 amide bonds. The second-order valence-electron chi connectivity index (χ2n) is 6.34. The van der Waals surface area contributed by atoms with Crippen molar-refractivity contribution < 1.29 is 9.72 Å². The topological polar surface area (TPSA) is 63.5 Å². The number of carbonyl (C=O) groups excluding carboxylic acids is 1. The van der Waals surface area contributed by atoms with Crippen LogP contribution in [0.3, 0.4) is 0 Å².